The van der Waals surface area contributed by atoms with Crippen molar-refractivity contribution in [1.82, 2.24) is 0 Å². The van der Waals surface area contributed by atoms with E-state index in [1.54, 1.807) is 7.11 Å². The van der Waals surface area contributed by atoms with Gasteiger partial charge >= 0.3 is 0 Å². The molecule has 0 saturated carbocycles. The summed E-state index contributed by atoms with van der Waals surface area (Å²) in [7, 11) is 1.72. The number of ether oxygens (including phenoxy) is 1. The first-order valence-corrected chi connectivity index (χ1v) is 13.1. The van der Waals surface area contributed by atoms with Crippen molar-refractivity contribution in [2.45, 2.75) is 66.7 Å². The van der Waals surface area contributed by atoms with Crippen LogP contribution in [0.25, 0.3) is 22.4 Å². The second-order valence-electron chi connectivity index (χ2n) is 11.5. The molecule has 3 aromatic carbocycles. The lowest BCUT2D eigenvalue weighted by atomic mass is 9.76. The number of hydrogen-bond donors (Lipinski definition) is 1. The Bertz CT molecular complexity index is 1430. The van der Waals surface area contributed by atoms with Gasteiger partial charge in [0.1, 0.15) is 5.75 Å². The van der Waals surface area contributed by atoms with E-state index in [4.69, 9.17) is 10.5 Å². The van der Waals surface area contributed by atoms with E-state index in [1.165, 1.54) is 39.0 Å². The van der Waals surface area contributed by atoms with Crippen molar-refractivity contribution in [3.05, 3.63) is 98.9 Å². The van der Waals surface area contributed by atoms with Gasteiger partial charge < -0.3 is 10.5 Å². The topological polar surface area (TPSA) is 35.2 Å². The second kappa shape index (κ2) is 10.0. The molecule has 0 aliphatic heterocycles. The highest BCUT2D eigenvalue weighted by molar-refractivity contribution is 5.77. The van der Waals surface area contributed by atoms with E-state index in [1.807, 2.05) is 6.07 Å². The van der Waals surface area contributed by atoms with Crippen LogP contribution in [0, 0.1) is 26.7 Å². The Morgan fingerprint density at radius 1 is 0.917 bits per heavy atom. The van der Waals surface area contributed by atoms with Gasteiger partial charge in [0.2, 0.25) is 0 Å². The summed E-state index contributed by atoms with van der Waals surface area (Å²) in [5.74, 6) is 1.39. The molecule has 0 spiro atoms. The van der Waals surface area contributed by atoms with Gasteiger partial charge in [-0.25, -0.2) is 0 Å². The largest absolute Gasteiger partial charge is 0.497 e. The Morgan fingerprint density at radius 3 is 2.25 bits per heavy atom. The van der Waals surface area contributed by atoms with Gasteiger partial charge in [0.15, 0.2) is 0 Å². The number of hydrogen-bond acceptors (Lipinski definition) is 2. The van der Waals surface area contributed by atoms with Gasteiger partial charge in [0, 0.05) is 16.5 Å². The summed E-state index contributed by atoms with van der Waals surface area (Å²) in [4.78, 5) is 0. The number of nitrogens with two attached hydrogens (primary N) is 1. The lowest BCUT2D eigenvalue weighted by molar-refractivity contribution is 0.414. The minimum absolute atomic E-state index is 0.0775. The van der Waals surface area contributed by atoms with Crippen molar-refractivity contribution in [3.8, 4) is 16.9 Å². The summed E-state index contributed by atoms with van der Waals surface area (Å²) in [6.45, 7) is 15.8. The molecule has 2 N–H and O–H groups in total. The molecular formula is C34H41NO. The van der Waals surface area contributed by atoms with E-state index in [0.29, 0.717) is 5.92 Å². The molecule has 2 heteroatoms. The Labute approximate surface area is 217 Å². The highest BCUT2D eigenvalue weighted by atomic mass is 16.5. The van der Waals surface area contributed by atoms with Crippen molar-refractivity contribution in [3.63, 3.8) is 0 Å². The first-order chi connectivity index (χ1) is 17.0. The molecule has 2 nitrogen and oxygen atoms in total. The highest BCUT2D eigenvalue weighted by Crippen LogP contribution is 2.37. The molecule has 0 heterocycles. The molecule has 3 aromatic rings. The summed E-state index contributed by atoms with van der Waals surface area (Å²) >= 11 is 0. The minimum atomic E-state index is -0.0775. The first-order valence-electron chi connectivity index (χ1n) is 13.1. The van der Waals surface area contributed by atoms with Crippen molar-refractivity contribution in [1.29, 1.82) is 0 Å². The molecule has 0 radical (unpaired) electrons. The summed E-state index contributed by atoms with van der Waals surface area (Å²) in [6, 6.07) is 17.7. The summed E-state index contributed by atoms with van der Waals surface area (Å²) in [5, 5.41) is 2.24. The van der Waals surface area contributed by atoms with Gasteiger partial charge in [-0.2, -0.15) is 0 Å². The van der Waals surface area contributed by atoms with Crippen LogP contribution in [0.15, 0.2) is 60.7 Å². The zero-order valence-electron chi connectivity index (χ0n) is 23.3. The average Bonchev–Trinajstić information content (AvgIpc) is 2.81. The molecule has 0 unspecified atom stereocenters. The van der Waals surface area contributed by atoms with E-state index < -0.39 is 0 Å². The fourth-order valence-electron chi connectivity index (χ4n) is 5.74. The highest BCUT2D eigenvalue weighted by Gasteiger charge is 2.25. The molecule has 0 fully saturated rings. The summed E-state index contributed by atoms with van der Waals surface area (Å²) in [6.07, 6.45) is 6.59. The standard InChI is InChI=1S/C34H41NO/c1-21(2)16-25-10-9-15-34(6,7)31-19-26(32-23(4)17-22(3)18-24(32)5)11-13-29(31)33(35)28-14-12-27(36-8)20-30(25)28/h9-14,17-21H,15-16,35H2,1-8H3/b10-9+,30-25+,33-28-. The lowest BCUT2D eigenvalue weighted by Gasteiger charge is -2.29. The number of methoxy groups -OCH3 is 1. The second-order valence-corrected chi connectivity index (χ2v) is 11.5. The van der Waals surface area contributed by atoms with Crippen LogP contribution >= 0.6 is 0 Å². The maximum absolute atomic E-state index is 7.06. The summed E-state index contributed by atoms with van der Waals surface area (Å²) in [5.41, 5.74) is 18.0. The van der Waals surface area contributed by atoms with E-state index in [2.05, 4.69) is 103 Å². The van der Waals surface area contributed by atoms with Crippen molar-refractivity contribution in [2.24, 2.45) is 11.7 Å². The molecule has 188 valence electrons. The third-order valence-electron chi connectivity index (χ3n) is 7.44. The number of rotatable bonds is 4. The van der Waals surface area contributed by atoms with Gasteiger partial charge in [-0.15, -0.1) is 0 Å². The van der Waals surface area contributed by atoms with Crippen LogP contribution in [0.1, 0.15) is 68.4 Å². The van der Waals surface area contributed by atoms with Crippen molar-refractivity contribution < 1.29 is 4.74 Å². The van der Waals surface area contributed by atoms with Crippen LogP contribution in [-0.2, 0) is 5.41 Å². The Hall–Kier alpha value is -3.26. The molecule has 0 amide bonds. The molecule has 4 rings (SSSR count). The molecule has 0 atom stereocenters. The quantitative estimate of drug-likeness (QED) is 0.445. The third kappa shape index (κ3) is 5.00. The van der Waals surface area contributed by atoms with Gasteiger partial charge in [0.25, 0.3) is 0 Å². The fourth-order valence-corrected chi connectivity index (χ4v) is 5.74. The van der Waals surface area contributed by atoms with Crippen molar-refractivity contribution >= 4 is 11.3 Å². The van der Waals surface area contributed by atoms with E-state index in [0.717, 1.165) is 40.3 Å². The predicted octanol–water partition coefficient (Wildman–Crippen LogP) is 6.84. The number of aryl methyl sites for hydroxylation is 3. The minimum Gasteiger partial charge on any atom is -0.497 e. The van der Waals surface area contributed by atoms with Crippen LogP contribution < -0.4 is 20.9 Å². The first kappa shape index (κ1) is 25.8. The number of benzene rings is 3. The molecule has 0 bridgehead atoms. The molecular weight excluding hydrogens is 438 g/mol. The Kier molecular flexibility index (Phi) is 7.18. The normalized spacial score (nSPS) is 18.9. The average molecular weight is 480 g/mol. The molecule has 1 aliphatic carbocycles. The maximum atomic E-state index is 7.06. The zero-order chi connectivity index (χ0) is 26.2. The number of fused-ring (bicyclic) bond motifs is 2. The monoisotopic (exact) mass is 479 g/mol. The van der Waals surface area contributed by atoms with Crippen molar-refractivity contribution in [2.75, 3.05) is 7.11 Å². The Morgan fingerprint density at radius 2 is 1.61 bits per heavy atom. The fraction of sp³-hybridized carbons (Fsp3) is 0.353. The van der Waals surface area contributed by atoms with Crippen LogP contribution in [0.2, 0.25) is 0 Å². The van der Waals surface area contributed by atoms with E-state index >= 15 is 0 Å². The third-order valence-corrected chi connectivity index (χ3v) is 7.44. The lowest BCUT2D eigenvalue weighted by Crippen LogP contribution is -2.33. The van der Waals surface area contributed by atoms with Crippen LogP contribution in [0.3, 0.4) is 0 Å². The predicted molar refractivity (Wildman–Crippen MR) is 155 cm³/mol. The molecule has 1 aliphatic rings. The smallest absolute Gasteiger partial charge is 0.119 e. The zero-order valence-corrected chi connectivity index (χ0v) is 23.3. The van der Waals surface area contributed by atoms with Crippen LogP contribution in [-0.4, -0.2) is 7.11 Å². The van der Waals surface area contributed by atoms with Crippen LogP contribution in [0.4, 0.5) is 0 Å². The molecule has 0 saturated heterocycles. The SMILES string of the molecule is COc1ccc2/c(c1)=C(CC(C)C)\C=C\CC(C)(C)c1cc(-c3c(C)cc(C)cc3C)ccc1/C=2N. The van der Waals surface area contributed by atoms with Gasteiger partial charge in [-0.05, 0) is 108 Å². The van der Waals surface area contributed by atoms with Gasteiger partial charge in [-0.3, -0.25) is 0 Å². The van der Waals surface area contributed by atoms with Gasteiger partial charge in [-0.1, -0.05) is 69.7 Å². The number of allylic oxidation sites excluding steroid dienone is 2. The van der Waals surface area contributed by atoms with E-state index in [9.17, 15) is 0 Å². The Balaban J connectivity index is 2.08. The van der Waals surface area contributed by atoms with Crippen LogP contribution in [0.5, 0.6) is 5.75 Å². The molecule has 36 heavy (non-hydrogen) atoms. The molecule has 0 aromatic heterocycles. The summed E-state index contributed by atoms with van der Waals surface area (Å²) < 4.78 is 5.61. The van der Waals surface area contributed by atoms with Gasteiger partial charge in [0.05, 0.1) is 7.11 Å². The maximum Gasteiger partial charge on any atom is 0.119 e. The van der Waals surface area contributed by atoms with E-state index in [-0.39, 0.29) is 5.41 Å².